The molecule has 7 heteroatoms. The molecule has 0 spiro atoms. The molecule has 1 saturated heterocycles. The third-order valence-electron chi connectivity index (χ3n) is 3.03. The van der Waals surface area contributed by atoms with Gasteiger partial charge in [-0.2, -0.15) is 0 Å². The highest BCUT2D eigenvalue weighted by Crippen LogP contribution is 2.20. The van der Waals surface area contributed by atoms with Crippen molar-refractivity contribution in [2.75, 3.05) is 17.0 Å². The van der Waals surface area contributed by atoms with Crippen LogP contribution in [0.3, 0.4) is 0 Å². The molecule has 1 fully saturated rings. The predicted octanol–water partition coefficient (Wildman–Crippen LogP) is 2.36. The van der Waals surface area contributed by atoms with E-state index in [1.165, 1.54) is 12.1 Å². The van der Waals surface area contributed by atoms with E-state index >= 15 is 0 Å². The highest BCUT2D eigenvalue weighted by atomic mass is 35.5. The van der Waals surface area contributed by atoms with Gasteiger partial charge < -0.3 is 5.32 Å². The Morgan fingerprint density at radius 3 is 2.84 bits per heavy atom. The van der Waals surface area contributed by atoms with Crippen LogP contribution >= 0.6 is 11.6 Å². The van der Waals surface area contributed by atoms with Crippen molar-refractivity contribution in [3.05, 3.63) is 29.0 Å². The van der Waals surface area contributed by atoms with Gasteiger partial charge in [0.2, 0.25) is 10.0 Å². The van der Waals surface area contributed by atoms with Gasteiger partial charge >= 0.3 is 0 Å². The SMILES string of the molecule is O=S(=O)(CC1CCCCN1)Nc1ccc(F)c(Cl)c1. The minimum absolute atomic E-state index is 0.0159. The molecule has 1 heterocycles. The molecule has 0 amide bonds. The van der Waals surface area contributed by atoms with Gasteiger partial charge in [-0.05, 0) is 37.6 Å². The molecule has 2 rings (SSSR count). The number of piperidine rings is 1. The fourth-order valence-electron chi connectivity index (χ4n) is 2.11. The number of anilines is 1. The molecule has 0 saturated carbocycles. The van der Waals surface area contributed by atoms with Crippen molar-refractivity contribution < 1.29 is 12.8 Å². The number of benzene rings is 1. The topological polar surface area (TPSA) is 58.2 Å². The Morgan fingerprint density at radius 1 is 1.42 bits per heavy atom. The molecule has 1 aliphatic rings. The molecule has 106 valence electrons. The van der Waals surface area contributed by atoms with Gasteiger partial charge in [0.25, 0.3) is 0 Å². The Kier molecular flexibility index (Phi) is 4.65. The minimum atomic E-state index is -3.46. The van der Waals surface area contributed by atoms with Crippen LogP contribution < -0.4 is 10.0 Å². The molecular formula is C12H16ClFN2O2S. The molecule has 1 aliphatic heterocycles. The molecule has 2 N–H and O–H groups in total. The van der Waals surface area contributed by atoms with Crippen LogP contribution in [0.2, 0.25) is 5.02 Å². The van der Waals surface area contributed by atoms with Crippen LogP contribution in [0.1, 0.15) is 19.3 Å². The molecule has 1 unspecified atom stereocenters. The van der Waals surface area contributed by atoms with Crippen molar-refractivity contribution in [3.63, 3.8) is 0 Å². The molecular weight excluding hydrogens is 291 g/mol. The lowest BCUT2D eigenvalue weighted by Gasteiger charge is -2.23. The largest absolute Gasteiger partial charge is 0.313 e. The molecule has 4 nitrogen and oxygen atoms in total. The van der Waals surface area contributed by atoms with Crippen LogP contribution in [0.4, 0.5) is 10.1 Å². The summed E-state index contributed by atoms with van der Waals surface area (Å²) in [5.41, 5.74) is 0.280. The fourth-order valence-corrected chi connectivity index (χ4v) is 3.68. The second kappa shape index (κ2) is 6.07. The van der Waals surface area contributed by atoms with E-state index in [1.807, 2.05) is 0 Å². The molecule has 1 aromatic rings. The summed E-state index contributed by atoms with van der Waals surface area (Å²) < 4.78 is 39.4. The van der Waals surface area contributed by atoms with Crippen molar-refractivity contribution in [2.45, 2.75) is 25.3 Å². The number of rotatable bonds is 4. The number of nitrogens with one attached hydrogen (secondary N) is 2. The van der Waals surface area contributed by atoms with E-state index in [9.17, 15) is 12.8 Å². The summed E-state index contributed by atoms with van der Waals surface area (Å²) in [5.74, 6) is -0.555. The molecule has 1 atom stereocenters. The monoisotopic (exact) mass is 306 g/mol. The van der Waals surface area contributed by atoms with Gasteiger partial charge in [-0.15, -0.1) is 0 Å². The zero-order valence-electron chi connectivity index (χ0n) is 10.3. The van der Waals surface area contributed by atoms with Crippen molar-refractivity contribution >= 4 is 27.3 Å². The first kappa shape index (κ1) is 14.6. The van der Waals surface area contributed by atoms with Crippen LogP contribution in [0.25, 0.3) is 0 Å². The summed E-state index contributed by atoms with van der Waals surface area (Å²) in [7, 11) is -3.46. The summed E-state index contributed by atoms with van der Waals surface area (Å²) in [6.07, 6.45) is 2.97. The maximum absolute atomic E-state index is 13.0. The maximum Gasteiger partial charge on any atom is 0.234 e. The zero-order chi connectivity index (χ0) is 13.9. The average Bonchev–Trinajstić information content (AvgIpc) is 2.34. The lowest BCUT2D eigenvalue weighted by Crippen LogP contribution is -2.40. The molecule has 0 aromatic heterocycles. The van der Waals surface area contributed by atoms with Gasteiger partial charge in [-0.3, -0.25) is 4.72 Å². The van der Waals surface area contributed by atoms with Crippen LogP contribution in [0.15, 0.2) is 18.2 Å². The van der Waals surface area contributed by atoms with Gasteiger partial charge in [0, 0.05) is 6.04 Å². The summed E-state index contributed by atoms with van der Waals surface area (Å²) in [4.78, 5) is 0. The highest BCUT2D eigenvalue weighted by Gasteiger charge is 2.21. The average molecular weight is 307 g/mol. The predicted molar refractivity (Wildman–Crippen MR) is 74.5 cm³/mol. The van der Waals surface area contributed by atoms with E-state index in [0.29, 0.717) is 0 Å². The highest BCUT2D eigenvalue weighted by molar-refractivity contribution is 7.92. The molecule has 0 aliphatic carbocycles. The first-order chi connectivity index (χ1) is 8.96. The minimum Gasteiger partial charge on any atom is -0.313 e. The fraction of sp³-hybridized carbons (Fsp3) is 0.500. The lowest BCUT2D eigenvalue weighted by molar-refractivity contribution is 0.424. The standard InChI is InChI=1S/C12H16ClFN2O2S/c13-11-7-9(4-5-12(11)14)16-19(17,18)8-10-3-1-2-6-15-10/h4-5,7,10,15-16H,1-3,6,8H2. The lowest BCUT2D eigenvalue weighted by atomic mass is 10.1. The Bertz CT molecular complexity index is 545. The van der Waals surface area contributed by atoms with Crippen LogP contribution in [-0.2, 0) is 10.0 Å². The first-order valence-electron chi connectivity index (χ1n) is 6.15. The number of sulfonamides is 1. The Hall–Kier alpha value is -0.850. The Labute approximate surface area is 117 Å². The smallest absolute Gasteiger partial charge is 0.234 e. The van der Waals surface area contributed by atoms with Gasteiger partial charge in [-0.25, -0.2) is 12.8 Å². The number of hydrogen-bond acceptors (Lipinski definition) is 3. The molecule has 0 radical (unpaired) electrons. The molecule has 19 heavy (non-hydrogen) atoms. The van der Waals surface area contributed by atoms with E-state index in [4.69, 9.17) is 11.6 Å². The van der Waals surface area contributed by atoms with Gasteiger partial charge in [-0.1, -0.05) is 18.0 Å². The van der Waals surface area contributed by atoms with E-state index in [2.05, 4.69) is 10.0 Å². The summed E-state index contributed by atoms with van der Waals surface area (Å²) in [6, 6.07) is 3.73. The van der Waals surface area contributed by atoms with Crippen molar-refractivity contribution in [1.29, 1.82) is 0 Å². The van der Waals surface area contributed by atoms with Gasteiger partial charge in [0.05, 0.1) is 16.5 Å². The number of hydrogen-bond donors (Lipinski definition) is 2. The van der Waals surface area contributed by atoms with Crippen molar-refractivity contribution in [3.8, 4) is 0 Å². The van der Waals surface area contributed by atoms with Gasteiger partial charge in [0.15, 0.2) is 0 Å². The Morgan fingerprint density at radius 2 is 2.21 bits per heavy atom. The third kappa shape index (κ3) is 4.33. The molecule has 0 bridgehead atoms. The molecule has 1 aromatic carbocycles. The van der Waals surface area contributed by atoms with Crippen LogP contribution in [-0.4, -0.2) is 26.8 Å². The van der Waals surface area contributed by atoms with Crippen molar-refractivity contribution in [1.82, 2.24) is 5.32 Å². The summed E-state index contributed by atoms with van der Waals surface area (Å²) >= 11 is 5.61. The Balaban J connectivity index is 2.01. The maximum atomic E-state index is 13.0. The second-order valence-electron chi connectivity index (χ2n) is 4.66. The van der Waals surface area contributed by atoms with Crippen molar-refractivity contribution in [2.24, 2.45) is 0 Å². The zero-order valence-corrected chi connectivity index (χ0v) is 11.9. The summed E-state index contributed by atoms with van der Waals surface area (Å²) in [5, 5.41) is 3.08. The van der Waals surface area contributed by atoms with E-state index in [0.717, 1.165) is 31.9 Å². The quantitative estimate of drug-likeness (QED) is 0.898. The van der Waals surface area contributed by atoms with Crippen LogP contribution in [0.5, 0.6) is 0 Å². The third-order valence-corrected chi connectivity index (χ3v) is 4.70. The second-order valence-corrected chi connectivity index (χ2v) is 6.83. The van der Waals surface area contributed by atoms with E-state index in [1.54, 1.807) is 0 Å². The van der Waals surface area contributed by atoms with Crippen LogP contribution in [0, 0.1) is 5.82 Å². The summed E-state index contributed by atoms with van der Waals surface area (Å²) in [6.45, 7) is 0.850. The van der Waals surface area contributed by atoms with E-state index < -0.39 is 15.8 Å². The normalized spacial score (nSPS) is 20.2. The van der Waals surface area contributed by atoms with Gasteiger partial charge in [0.1, 0.15) is 5.82 Å². The van der Waals surface area contributed by atoms with E-state index in [-0.39, 0.29) is 22.5 Å². The first-order valence-corrected chi connectivity index (χ1v) is 8.18. The number of halogens is 2.